The molecule has 3 aliphatic heterocycles. The first-order chi connectivity index (χ1) is 9.72. The van der Waals surface area contributed by atoms with E-state index in [9.17, 15) is 0 Å². The summed E-state index contributed by atoms with van der Waals surface area (Å²) in [5, 5.41) is 3.65. The Labute approximate surface area is 125 Å². The molecule has 3 heterocycles. The minimum absolute atomic E-state index is 0.545. The van der Waals surface area contributed by atoms with Crippen molar-refractivity contribution >= 4 is 0 Å². The van der Waals surface area contributed by atoms with Crippen molar-refractivity contribution in [2.24, 2.45) is 5.41 Å². The number of nitrogens with one attached hydrogen (secondary N) is 1. The van der Waals surface area contributed by atoms with Gasteiger partial charge in [-0.2, -0.15) is 0 Å². The number of nitrogens with zero attached hydrogens (tertiary/aromatic N) is 2. The first-order valence-corrected chi connectivity index (χ1v) is 8.91. The second kappa shape index (κ2) is 6.33. The highest BCUT2D eigenvalue weighted by molar-refractivity contribution is 4.94. The molecule has 3 fully saturated rings. The molecule has 3 unspecified atom stereocenters. The molecule has 3 rings (SSSR count). The van der Waals surface area contributed by atoms with Gasteiger partial charge in [0.25, 0.3) is 0 Å². The highest BCUT2D eigenvalue weighted by atomic mass is 15.3. The molecular weight excluding hydrogens is 246 g/mol. The van der Waals surface area contributed by atoms with Gasteiger partial charge in [0.1, 0.15) is 0 Å². The van der Waals surface area contributed by atoms with Crippen LogP contribution in [-0.2, 0) is 0 Å². The zero-order valence-electron chi connectivity index (χ0n) is 13.5. The highest BCUT2D eigenvalue weighted by Crippen LogP contribution is 2.33. The summed E-state index contributed by atoms with van der Waals surface area (Å²) in [6, 6.07) is 1.60. The van der Waals surface area contributed by atoms with Crippen LogP contribution in [0.2, 0.25) is 0 Å². The molecule has 0 aromatic rings. The van der Waals surface area contributed by atoms with Crippen LogP contribution in [0.25, 0.3) is 0 Å². The third-order valence-electron chi connectivity index (χ3n) is 6.17. The first-order valence-electron chi connectivity index (χ1n) is 8.91. The van der Waals surface area contributed by atoms with E-state index in [2.05, 4.69) is 29.0 Å². The summed E-state index contributed by atoms with van der Waals surface area (Å²) in [6.07, 6.45) is 8.42. The summed E-state index contributed by atoms with van der Waals surface area (Å²) >= 11 is 0. The molecule has 3 saturated heterocycles. The average molecular weight is 279 g/mol. The van der Waals surface area contributed by atoms with E-state index in [-0.39, 0.29) is 0 Å². The Morgan fingerprint density at radius 1 is 1.20 bits per heavy atom. The number of piperidine rings is 2. The van der Waals surface area contributed by atoms with Crippen molar-refractivity contribution in [2.75, 3.05) is 39.3 Å². The Balaban J connectivity index is 1.63. The molecule has 0 radical (unpaired) electrons. The van der Waals surface area contributed by atoms with Gasteiger partial charge in [0.05, 0.1) is 0 Å². The first kappa shape index (κ1) is 14.8. The summed E-state index contributed by atoms with van der Waals surface area (Å²) in [6.45, 7) is 12.6. The maximum absolute atomic E-state index is 3.65. The van der Waals surface area contributed by atoms with Crippen molar-refractivity contribution in [3.63, 3.8) is 0 Å². The Morgan fingerprint density at radius 2 is 2.10 bits per heavy atom. The number of fused-ring (bicyclic) bond motifs is 1. The quantitative estimate of drug-likeness (QED) is 0.855. The summed E-state index contributed by atoms with van der Waals surface area (Å²) < 4.78 is 0. The monoisotopic (exact) mass is 279 g/mol. The minimum atomic E-state index is 0.545. The Bertz CT molecular complexity index is 311. The number of hydrogen-bond acceptors (Lipinski definition) is 3. The van der Waals surface area contributed by atoms with Gasteiger partial charge in [-0.3, -0.25) is 9.80 Å². The van der Waals surface area contributed by atoms with E-state index in [1.807, 2.05) is 0 Å². The van der Waals surface area contributed by atoms with Crippen LogP contribution in [0.1, 0.15) is 52.4 Å². The second-order valence-corrected chi connectivity index (χ2v) is 7.56. The lowest BCUT2D eigenvalue weighted by molar-refractivity contribution is -0.0129. The standard InChI is InChI=1S/C17H33N3/c1-3-17(8-6-9-18-13-17)14-20-12-16-7-4-5-10-19(16)11-15(20)2/h15-16,18H,3-14H2,1-2H3. The molecule has 0 saturated carbocycles. The molecule has 3 heteroatoms. The van der Waals surface area contributed by atoms with E-state index in [1.54, 1.807) is 0 Å². The van der Waals surface area contributed by atoms with Crippen LogP contribution in [0.5, 0.6) is 0 Å². The molecule has 0 aliphatic carbocycles. The lowest BCUT2D eigenvalue weighted by Gasteiger charge is -2.51. The van der Waals surface area contributed by atoms with Gasteiger partial charge in [-0.25, -0.2) is 0 Å². The van der Waals surface area contributed by atoms with E-state index in [1.165, 1.54) is 77.8 Å². The van der Waals surface area contributed by atoms with Crippen LogP contribution >= 0.6 is 0 Å². The number of rotatable bonds is 3. The molecule has 3 aliphatic rings. The maximum atomic E-state index is 3.65. The third-order valence-corrected chi connectivity index (χ3v) is 6.17. The molecule has 3 nitrogen and oxygen atoms in total. The molecule has 3 atom stereocenters. The summed E-state index contributed by atoms with van der Waals surface area (Å²) in [7, 11) is 0. The lowest BCUT2D eigenvalue weighted by atomic mass is 9.77. The van der Waals surface area contributed by atoms with Gasteiger partial charge in [0.2, 0.25) is 0 Å². The molecular formula is C17H33N3. The predicted molar refractivity (Wildman–Crippen MR) is 85.1 cm³/mol. The van der Waals surface area contributed by atoms with Crippen LogP contribution in [0.3, 0.4) is 0 Å². The molecule has 0 bridgehead atoms. The molecule has 1 N–H and O–H groups in total. The Hall–Kier alpha value is -0.120. The van der Waals surface area contributed by atoms with Gasteiger partial charge in [-0.1, -0.05) is 13.3 Å². The Morgan fingerprint density at radius 3 is 2.85 bits per heavy atom. The topological polar surface area (TPSA) is 18.5 Å². The van der Waals surface area contributed by atoms with E-state index >= 15 is 0 Å². The lowest BCUT2D eigenvalue weighted by Crippen LogP contribution is -2.61. The fourth-order valence-electron chi connectivity index (χ4n) is 4.64. The second-order valence-electron chi connectivity index (χ2n) is 7.56. The van der Waals surface area contributed by atoms with Crippen molar-refractivity contribution in [3.8, 4) is 0 Å². The maximum Gasteiger partial charge on any atom is 0.0223 e. The fraction of sp³-hybridized carbons (Fsp3) is 1.00. The Kier molecular flexibility index (Phi) is 4.68. The molecule has 0 aromatic heterocycles. The van der Waals surface area contributed by atoms with Gasteiger partial charge < -0.3 is 5.32 Å². The van der Waals surface area contributed by atoms with E-state index < -0.39 is 0 Å². The van der Waals surface area contributed by atoms with Crippen molar-refractivity contribution < 1.29 is 0 Å². The van der Waals surface area contributed by atoms with Crippen LogP contribution in [0, 0.1) is 5.41 Å². The number of hydrogen-bond donors (Lipinski definition) is 1. The van der Waals surface area contributed by atoms with Gasteiger partial charge in [-0.15, -0.1) is 0 Å². The summed E-state index contributed by atoms with van der Waals surface area (Å²) in [4.78, 5) is 5.59. The van der Waals surface area contributed by atoms with Crippen molar-refractivity contribution in [1.29, 1.82) is 0 Å². The van der Waals surface area contributed by atoms with E-state index in [0.717, 1.165) is 12.1 Å². The van der Waals surface area contributed by atoms with E-state index in [0.29, 0.717) is 5.41 Å². The van der Waals surface area contributed by atoms with Crippen molar-refractivity contribution in [1.82, 2.24) is 15.1 Å². The van der Waals surface area contributed by atoms with Crippen LogP contribution in [0.15, 0.2) is 0 Å². The third kappa shape index (κ3) is 3.05. The van der Waals surface area contributed by atoms with Crippen LogP contribution in [-0.4, -0.2) is 61.2 Å². The number of piperazine rings is 1. The molecule has 20 heavy (non-hydrogen) atoms. The highest BCUT2D eigenvalue weighted by Gasteiger charge is 2.38. The largest absolute Gasteiger partial charge is 0.316 e. The normalized spacial score (nSPS) is 40.5. The van der Waals surface area contributed by atoms with Gasteiger partial charge in [0, 0.05) is 38.3 Å². The smallest absolute Gasteiger partial charge is 0.0223 e. The van der Waals surface area contributed by atoms with E-state index in [4.69, 9.17) is 0 Å². The minimum Gasteiger partial charge on any atom is -0.316 e. The van der Waals surface area contributed by atoms with Crippen molar-refractivity contribution in [3.05, 3.63) is 0 Å². The van der Waals surface area contributed by atoms with Crippen LogP contribution in [0.4, 0.5) is 0 Å². The molecule has 0 spiro atoms. The van der Waals surface area contributed by atoms with Crippen molar-refractivity contribution in [2.45, 2.75) is 64.5 Å². The molecule has 0 aromatic carbocycles. The summed E-state index contributed by atoms with van der Waals surface area (Å²) in [5.41, 5.74) is 0.545. The predicted octanol–water partition coefficient (Wildman–Crippen LogP) is 2.32. The molecule has 0 amide bonds. The zero-order chi connectivity index (χ0) is 14.0. The van der Waals surface area contributed by atoms with Gasteiger partial charge in [0.15, 0.2) is 0 Å². The van der Waals surface area contributed by atoms with Gasteiger partial charge in [-0.05, 0) is 57.5 Å². The zero-order valence-corrected chi connectivity index (χ0v) is 13.5. The molecule has 116 valence electrons. The summed E-state index contributed by atoms with van der Waals surface area (Å²) in [5.74, 6) is 0. The SMILES string of the molecule is CCC1(CN2CC3CCCCN3CC2C)CCCNC1. The van der Waals surface area contributed by atoms with Crippen LogP contribution < -0.4 is 5.32 Å². The fourth-order valence-corrected chi connectivity index (χ4v) is 4.64. The van der Waals surface area contributed by atoms with Gasteiger partial charge >= 0.3 is 0 Å². The average Bonchev–Trinajstić information content (AvgIpc) is 2.49.